The Hall–Kier alpha value is -2.21. The topological polar surface area (TPSA) is 75.7 Å². The molecule has 112 valence electrons. The first-order valence-electron chi connectivity index (χ1n) is 6.72. The number of ether oxygens (including phenoxy) is 1. The molecule has 2 amide bonds. The van der Waals surface area contributed by atoms with Crippen LogP contribution in [0.15, 0.2) is 24.3 Å². The van der Waals surface area contributed by atoms with Crippen LogP contribution in [0, 0.1) is 0 Å². The monoisotopic (exact) mass is 290 g/mol. The molecule has 2 rings (SSSR count). The largest absolute Gasteiger partial charge is 0.365 e. The van der Waals surface area contributed by atoms with Gasteiger partial charge in [0.15, 0.2) is 5.78 Å². The quantitative estimate of drug-likeness (QED) is 0.818. The maximum Gasteiger partial charge on any atom is 0.251 e. The standard InChI is InChI=1S/C15H18N2O4/c1-10(18)11-4-3-5-12(6-11)15(20)16-7-13-8-17(2)14(19)9-21-13/h3-6,13H,7-9H2,1-2H3,(H,16,20)/t13-/m1/s1. The van der Waals surface area contributed by atoms with Gasteiger partial charge in [0.05, 0.1) is 6.10 Å². The van der Waals surface area contributed by atoms with Crippen molar-refractivity contribution < 1.29 is 19.1 Å². The van der Waals surface area contributed by atoms with Crippen LogP contribution in [0.25, 0.3) is 0 Å². The van der Waals surface area contributed by atoms with Gasteiger partial charge in [0, 0.05) is 31.3 Å². The van der Waals surface area contributed by atoms with E-state index in [-0.39, 0.29) is 30.3 Å². The van der Waals surface area contributed by atoms with Crippen molar-refractivity contribution >= 4 is 17.6 Å². The van der Waals surface area contributed by atoms with Gasteiger partial charge in [0.1, 0.15) is 6.61 Å². The Bertz CT molecular complexity index is 571. The van der Waals surface area contributed by atoms with Gasteiger partial charge >= 0.3 is 0 Å². The Labute approximate surface area is 123 Å². The molecule has 21 heavy (non-hydrogen) atoms. The Kier molecular flexibility index (Phi) is 4.70. The molecule has 1 fully saturated rings. The van der Waals surface area contributed by atoms with Crippen LogP contribution in [0.4, 0.5) is 0 Å². The van der Waals surface area contributed by atoms with Gasteiger partial charge in [-0.3, -0.25) is 14.4 Å². The van der Waals surface area contributed by atoms with Gasteiger partial charge in [-0.05, 0) is 19.1 Å². The maximum atomic E-state index is 12.0. The average molecular weight is 290 g/mol. The van der Waals surface area contributed by atoms with E-state index in [4.69, 9.17) is 4.74 Å². The van der Waals surface area contributed by atoms with E-state index in [1.54, 1.807) is 36.2 Å². The lowest BCUT2D eigenvalue weighted by Crippen LogP contribution is -2.48. The van der Waals surface area contributed by atoms with Crippen LogP contribution >= 0.6 is 0 Å². The molecule has 0 aromatic heterocycles. The van der Waals surface area contributed by atoms with Crippen molar-refractivity contribution in [2.75, 3.05) is 26.7 Å². The summed E-state index contributed by atoms with van der Waals surface area (Å²) in [4.78, 5) is 36.2. The molecule has 0 aliphatic carbocycles. The molecule has 1 N–H and O–H groups in total. The van der Waals surface area contributed by atoms with E-state index in [0.29, 0.717) is 24.2 Å². The van der Waals surface area contributed by atoms with Crippen molar-refractivity contribution in [2.24, 2.45) is 0 Å². The third-order valence-electron chi connectivity index (χ3n) is 3.37. The molecule has 1 aromatic rings. The molecule has 1 saturated heterocycles. The first kappa shape index (κ1) is 15.2. The number of likely N-dealkylation sites (N-methyl/N-ethyl adjacent to an activating group) is 1. The molecule has 6 nitrogen and oxygen atoms in total. The fourth-order valence-electron chi connectivity index (χ4n) is 2.07. The molecule has 1 aliphatic heterocycles. The van der Waals surface area contributed by atoms with Crippen LogP contribution in [-0.2, 0) is 9.53 Å². The number of nitrogens with one attached hydrogen (secondary N) is 1. The van der Waals surface area contributed by atoms with Crippen molar-refractivity contribution in [2.45, 2.75) is 13.0 Å². The van der Waals surface area contributed by atoms with Crippen molar-refractivity contribution in [3.63, 3.8) is 0 Å². The fraction of sp³-hybridized carbons (Fsp3) is 0.400. The number of amides is 2. The highest BCUT2D eigenvalue weighted by Gasteiger charge is 2.23. The predicted octanol–water partition coefficient (Wildman–Crippen LogP) is 0.476. The Morgan fingerprint density at radius 2 is 2.10 bits per heavy atom. The second-order valence-corrected chi connectivity index (χ2v) is 5.05. The summed E-state index contributed by atoms with van der Waals surface area (Å²) in [5.74, 6) is -0.409. The predicted molar refractivity (Wildman–Crippen MR) is 76.2 cm³/mol. The molecule has 1 aromatic carbocycles. The lowest BCUT2D eigenvalue weighted by Gasteiger charge is -2.29. The van der Waals surface area contributed by atoms with E-state index in [0.717, 1.165) is 0 Å². The molecule has 1 atom stereocenters. The smallest absolute Gasteiger partial charge is 0.251 e. The van der Waals surface area contributed by atoms with Gasteiger partial charge < -0.3 is 15.0 Å². The van der Waals surface area contributed by atoms with Gasteiger partial charge in [-0.1, -0.05) is 12.1 Å². The second kappa shape index (κ2) is 6.49. The zero-order valence-electron chi connectivity index (χ0n) is 12.1. The number of benzene rings is 1. The number of carbonyl (C=O) groups excluding carboxylic acids is 3. The maximum absolute atomic E-state index is 12.0. The highest BCUT2D eigenvalue weighted by Crippen LogP contribution is 2.07. The first-order valence-corrected chi connectivity index (χ1v) is 6.72. The number of carbonyl (C=O) groups is 3. The number of morpholine rings is 1. The van der Waals surface area contributed by atoms with Crippen LogP contribution < -0.4 is 5.32 Å². The molecule has 0 radical (unpaired) electrons. The minimum Gasteiger partial charge on any atom is -0.365 e. The van der Waals surface area contributed by atoms with Crippen molar-refractivity contribution in [1.82, 2.24) is 10.2 Å². The molecule has 1 heterocycles. The number of hydrogen-bond donors (Lipinski definition) is 1. The minimum atomic E-state index is -0.263. The van der Waals surface area contributed by atoms with Crippen molar-refractivity contribution in [3.8, 4) is 0 Å². The first-order chi connectivity index (χ1) is 9.97. The van der Waals surface area contributed by atoms with Crippen LogP contribution in [-0.4, -0.2) is 55.3 Å². The Morgan fingerprint density at radius 3 is 2.76 bits per heavy atom. The van der Waals surface area contributed by atoms with E-state index in [1.807, 2.05) is 0 Å². The van der Waals surface area contributed by atoms with E-state index >= 15 is 0 Å². The zero-order valence-corrected chi connectivity index (χ0v) is 12.1. The molecular formula is C15H18N2O4. The van der Waals surface area contributed by atoms with Crippen molar-refractivity contribution in [3.05, 3.63) is 35.4 Å². The minimum absolute atomic E-state index is 0.0386. The van der Waals surface area contributed by atoms with Crippen molar-refractivity contribution in [1.29, 1.82) is 0 Å². The highest BCUT2D eigenvalue weighted by atomic mass is 16.5. The van der Waals surface area contributed by atoms with Crippen LogP contribution in [0.3, 0.4) is 0 Å². The highest BCUT2D eigenvalue weighted by molar-refractivity contribution is 5.99. The van der Waals surface area contributed by atoms with Gasteiger partial charge in [-0.15, -0.1) is 0 Å². The summed E-state index contributed by atoms with van der Waals surface area (Å²) < 4.78 is 5.35. The van der Waals surface area contributed by atoms with Gasteiger partial charge in [0.25, 0.3) is 5.91 Å². The summed E-state index contributed by atoms with van der Waals surface area (Å²) >= 11 is 0. The number of nitrogens with zero attached hydrogens (tertiary/aromatic N) is 1. The van der Waals surface area contributed by atoms with Gasteiger partial charge in [-0.2, -0.15) is 0 Å². The average Bonchev–Trinajstić information content (AvgIpc) is 2.48. The lowest BCUT2D eigenvalue weighted by molar-refractivity contribution is -0.146. The zero-order chi connectivity index (χ0) is 15.4. The number of rotatable bonds is 4. The van der Waals surface area contributed by atoms with E-state index in [2.05, 4.69) is 5.32 Å². The van der Waals surface area contributed by atoms with Gasteiger partial charge in [-0.25, -0.2) is 0 Å². The van der Waals surface area contributed by atoms with E-state index in [9.17, 15) is 14.4 Å². The van der Waals surface area contributed by atoms with Crippen LogP contribution in [0.1, 0.15) is 27.6 Å². The molecule has 6 heteroatoms. The second-order valence-electron chi connectivity index (χ2n) is 5.05. The lowest BCUT2D eigenvalue weighted by atomic mass is 10.1. The Balaban J connectivity index is 1.91. The third kappa shape index (κ3) is 3.88. The molecule has 0 saturated carbocycles. The van der Waals surface area contributed by atoms with E-state index < -0.39 is 0 Å². The van der Waals surface area contributed by atoms with Crippen LogP contribution in [0.2, 0.25) is 0 Å². The summed E-state index contributed by atoms with van der Waals surface area (Å²) in [5.41, 5.74) is 0.935. The SMILES string of the molecule is CC(=O)c1cccc(C(=O)NC[C@@H]2CN(C)C(=O)CO2)c1. The fourth-order valence-corrected chi connectivity index (χ4v) is 2.07. The molecule has 0 unspecified atom stereocenters. The summed E-state index contributed by atoms with van der Waals surface area (Å²) in [5, 5.41) is 2.76. The van der Waals surface area contributed by atoms with Crippen LogP contribution in [0.5, 0.6) is 0 Å². The van der Waals surface area contributed by atoms with Gasteiger partial charge in [0.2, 0.25) is 5.91 Å². The Morgan fingerprint density at radius 1 is 1.38 bits per heavy atom. The molecule has 0 spiro atoms. The molecular weight excluding hydrogens is 272 g/mol. The summed E-state index contributed by atoms with van der Waals surface area (Å²) in [6, 6.07) is 6.56. The molecule has 1 aliphatic rings. The number of hydrogen-bond acceptors (Lipinski definition) is 4. The summed E-state index contributed by atoms with van der Waals surface area (Å²) in [7, 11) is 1.70. The molecule has 0 bridgehead atoms. The summed E-state index contributed by atoms with van der Waals surface area (Å²) in [6.07, 6.45) is -0.215. The number of ketones is 1. The van der Waals surface area contributed by atoms with E-state index in [1.165, 1.54) is 6.92 Å². The summed E-state index contributed by atoms with van der Waals surface area (Å²) in [6.45, 7) is 2.27. The normalized spacial score (nSPS) is 18.5. The third-order valence-corrected chi connectivity index (χ3v) is 3.37. The number of Topliss-reactive ketones (excluding diaryl/α,β-unsaturated/α-hetero) is 1.